The quantitative estimate of drug-likeness (QED) is 0.866. The summed E-state index contributed by atoms with van der Waals surface area (Å²) in [6, 6.07) is 7.82. The number of carbonyl (C=O) groups is 1. The van der Waals surface area contributed by atoms with Crippen LogP contribution in [0.3, 0.4) is 0 Å². The van der Waals surface area contributed by atoms with Gasteiger partial charge in [-0.1, -0.05) is 23.5 Å². The zero-order chi connectivity index (χ0) is 12.8. The third-order valence-electron chi connectivity index (χ3n) is 2.28. The molecular formula is C12H14N4OS. The van der Waals surface area contributed by atoms with Gasteiger partial charge < -0.3 is 10.6 Å². The molecule has 0 aliphatic rings. The Hall–Kier alpha value is -1.95. The molecule has 0 spiro atoms. The molecule has 1 aromatic carbocycles. The monoisotopic (exact) mass is 262 g/mol. The van der Waals surface area contributed by atoms with Gasteiger partial charge >= 0.3 is 0 Å². The lowest BCUT2D eigenvalue weighted by Crippen LogP contribution is -2.14. The van der Waals surface area contributed by atoms with Crippen molar-refractivity contribution in [2.24, 2.45) is 0 Å². The molecule has 2 N–H and O–H groups in total. The standard InChI is InChI=1S/C12H14N4OS/c1-2-13-10-5-3-4-9(6-10)7-11(17)15-12-16-14-8-18-12/h3-6,8,13H,2,7H2,1H3,(H,15,16,17). The zero-order valence-corrected chi connectivity index (χ0v) is 10.8. The highest BCUT2D eigenvalue weighted by Crippen LogP contribution is 2.13. The molecule has 2 rings (SSSR count). The largest absolute Gasteiger partial charge is 0.385 e. The number of benzene rings is 1. The first kappa shape index (κ1) is 12.5. The number of anilines is 2. The van der Waals surface area contributed by atoms with E-state index in [1.165, 1.54) is 11.3 Å². The lowest BCUT2D eigenvalue weighted by atomic mass is 10.1. The van der Waals surface area contributed by atoms with Crippen LogP contribution in [0.5, 0.6) is 0 Å². The Kier molecular flexibility index (Phi) is 4.25. The fourth-order valence-corrected chi connectivity index (χ4v) is 2.03. The number of hydrogen-bond acceptors (Lipinski definition) is 5. The molecule has 5 nitrogen and oxygen atoms in total. The molecule has 1 heterocycles. The van der Waals surface area contributed by atoms with Gasteiger partial charge in [0.25, 0.3) is 0 Å². The summed E-state index contributed by atoms with van der Waals surface area (Å²) in [4.78, 5) is 11.8. The summed E-state index contributed by atoms with van der Waals surface area (Å²) < 4.78 is 0. The average molecular weight is 262 g/mol. The Bertz CT molecular complexity index is 513. The van der Waals surface area contributed by atoms with Crippen molar-refractivity contribution in [3.8, 4) is 0 Å². The van der Waals surface area contributed by atoms with E-state index in [-0.39, 0.29) is 5.91 Å². The maximum absolute atomic E-state index is 11.8. The van der Waals surface area contributed by atoms with Crippen LogP contribution in [0.15, 0.2) is 29.8 Å². The number of aromatic nitrogens is 2. The highest BCUT2D eigenvalue weighted by Gasteiger charge is 2.06. The molecule has 1 amide bonds. The highest BCUT2D eigenvalue weighted by molar-refractivity contribution is 7.13. The molecule has 0 fully saturated rings. The van der Waals surface area contributed by atoms with E-state index in [1.54, 1.807) is 5.51 Å². The Morgan fingerprint density at radius 3 is 3.06 bits per heavy atom. The van der Waals surface area contributed by atoms with Crippen molar-refractivity contribution in [2.75, 3.05) is 17.2 Å². The molecule has 2 aromatic rings. The zero-order valence-electron chi connectivity index (χ0n) is 10.0. The average Bonchev–Trinajstić information content (AvgIpc) is 2.82. The van der Waals surface area contributed by atoms with Gasteiger partial charge in [0.1, 0.15) is 5.51 Å². The molecule has 1 aromatic heterocycles. The molecular weight excluding hydrogens is 248 g/mol. The van der Waals surface area contributed by atoms with E-state index in [0.29, 0.717) is 11.6 Å². The minimum Gasteiger partial charge on any atom is -0.385 e. The minimum absolute atomic E-state index is 0.0830. The van der Waals surface area contributed by atoms with Gasteiger partial charge in [0.05, 0.1) is 6.42 Å². The predicted octanol–water partition coefficient (Wildman–Crippen LogP) is 2.15. The van der Waals surface area contributed by atoms with Crippen LogP contribution < -0.4 is 10.6 Å². The third kappa shape index (κ3) is 3.53. The summed E-state index contributed by atoms with van der Waals surface area (Å²) in [7, 11) is 0. The van der Waals surface area contributed by atoms with E-state index in [1.807, 2.05) is 31.2 Å². The van der Waals surface area contributed by atoms with Gasteiger partial charge in [0, 0.05) is 12.2 Å². The second-order valence-electron chi connectivity index (χ2n) is 3.70. The Balaban J connectivity index is 1.96. The van der Waals surface area contributed by atoms with Gasteiger partial charge in [-0.15, -0.1) is 10.2 Å². The number of nitrogens with zero attached hydrogens (tertiary/aromatic N) is 2. The molecule has 0 bridgehead atoms. The first-order valence-electron chi connectivity index (χ1n) is 5.66. The maximum atomic E-state index is 11.8. The van der Waals surface area contributed by atoms with Crippen molar-refractivity contribution < 1.29 is 4.79 Å². The molecule has 0 aliphatic heterocycles. The van der Waals surface area contributed by atoms with Crippen molar-refractivity contribution >= 4 is 28.1 Å². The van der Waals surface area contributed by atoms with E-state index < -0.39 is 0 Å². The normalized spacial score (nSPS) is 10.1. The Labute approximate surface area is 109 Å². The van der Waals surface area contributed by atoms with E-state index in [9.17, 15) is 4.79 Å². The van der Waals surface area contributed by atoms with E-state index >= 15 is 0 Å². The van der Waals surface area contributed by atoms with Gasteiger partial charge in [0.2, 0.25) is 11.0 Å². The lowest BCUT2D eigenvalue weighted by molar-refractivity contribution is -0.115. The van der Waals surface area contributed by atoms with Gasteiger partial charge in [-0.05, 0) is 24.6 Å². The topological polar surface area (TPSA) is 66.9 Å². The molecule has 0 radical (unpaired) electrons. The van der Waals surface area contributed by atoms with Crippen LogP contribution in [0.1, 0.15) is 12.5 Å². The van der Waals surface area contributed by atoms with Crippen LogP contribution in [0, 0.1) is 0 Å². The fourth-order valence-electron chi connectivity index (χ4n) is 1.57. The number of nitrogens with one attached hydrogen (secondary N) is 2. The number of rotatable bonds is 5. The summed E-state index contributed by atoms with van der Waals surface area (Å²) in [6.07, 6.45) is 0.332. The van der Waals surface area contributed by atoms with Gasteiger partial charge in [-0.3, -0.25) is 4.79 Å². The third-order valence-corrected chi connectivity index (χ3v) is 2.89. The Morgan fingerprint density at radius 2 is 2.33 bits per heavy atom. The van der Waals surface area contributed by atoms with Crippen molar-refractivity contribution in [1.29, 1.82) is 0 Å². The predicted molar refractivity (Wildman–Crippen MR) is 72.8 cm³/mol. The summed E-state index contributed by atoms with van der Waals surface area (Å²) in [5, 5.41) is 13.9. The number of hydrogen-bond donors (Lipinski definition) is 2. The molecule has 94 valence electrons. The maximum Gasteiger partial charge on any atom is 0.230 e. The first-order valence-corrected chi connectivity index (χ1v) is 6.54. The second-order valence-corrected chi connectivity index (χ2v) is 4.53. The van der Waals surface area contributed by atoms with E-state index in [2.05, 4.69) is 20.8 Å². The molecule has 0 aliphatic carbocycles. The fraction of sp³-hybridized carbons (Fsp3) is 0.250. The molecule has 6 heteroatoms. The van der Waals surface area contributed by atoms with Gasteiger partial charge in [0.15, 0.2) is 0 Å². The van der Waals surface area contributed by atoms with E-state index in [4.69, 9.17) is 0 Å². The Morgan fingerprint density at radius 1 is 1.44 bits per heavy atom. The summed E-state index contributed by atoms with van der Waals surface area (Å²) in [5.41, 5.74) is 3.58. The number of carbonyl (C=O) groups excluding carboxylic acids is 1. The van der Waals surface area contributed by atoms with Crippen molar-refractivity contribution in [1.82, 2.24) is 10.2 Å². The minimum atomic E-state index is -0.0830. The first-order chi connectivity index (χ1) is 8.78. The molecule has 0 saturated heterocycles. The van der Waals surface area contributed by atoms with Crippen LogP contribution in [0.4, 0.5) is 10.8 Å². The second kappa shape index (κ2) is 6.11. The highest BCUT2D eigenvalue weighted by atomic mass is 32.1. The summed E-state index contributed by atoms with van der Waals surface area (Å²) >= 11 is 1.31. The van der Waals surface area contributed by atoms with Gasteiger partial charge in [-0.25, -0.2) is 0 Å². The smallest absolute Gasteiger partial charge is 0.230 e. The summed E-state index contributed by atoms with van der Waals surface area (Å²) in [6.45, 7) is 2.90. The molecule has 0 saturated carbocycles. The molecule has 0 atom stereocenters. The van der Waals surface area contributed by atoms with Crippen LogP contribution in [0.2, 0.25) is 0 Å². The van der Waals surface area contributed by atoms with E-state index in [0.717, 1.165) is 17.8 Å². The van der Waals surface area contributed by atoms with Crippen molar-refractivity contribution in [3.05, 3.63) is 35.3 Å². The SMILES string of the molecule is CCNc1cccc(CC(=O)Nc2nncs2)c1. The number of amides is 1. The molecule has 0 unspecified atom stereocenters. The lowest BCUT2D eigenvalue weighted by Gasteiger charge is -2.06. The van der Waals surface area contributed by atoms with Crippen molar-refractivity contribution in [3.63, 3.8) is 0 Å². The molecule has 18 heavy (non-hydrogen) atoms. The van der Waals surface area contributed by atoms with Crippen LogP contribution >= 0.6 is 11.3 Å². The summed E-state index contributed by atoms with van der Waals surface area (Å²) in [5.74, 6) is -0.0830. The van der Waals surface area contributed by atoms with Crippen LogP contribution in [-0.4, -0.2) is 22.6 Å². The van der Waals surface area contributed by atoms with Crippen LogP contribution in [-0.2, 0) is 11.2 Å². The van der Waals surface area contributed by atoms with Crippen molar-refractivity contribution in [2.45, 2.75) is 13.3 Å². The van der Waals surface area contributed by atoms with Gasteiger partial charge in [-0.2, -0.15) is 0 Å². The van der Waals surface area contributed by atoms with Crippen LogP contribution in [0.25, 0.3) is 0 Å².